The van der Waals surface area contributed by atoms with E-state index in [0.717, 1.165) is 50.5 Å². The van der Waals surface area contributed by atoms with Crippen molar-refractivity contribution in [2.24, 2.45) is 0 Å². The fraction of sp³-hybridized carbons (Fsp3) is 0.136. The van der Waals surface area contributed by atoms with Gasteiger partial charge in [-0.1, -0.05) is 50.7 Å². The normalized spacial score (nSPS) is 13.2. The summed E-state index contributed by atoms with van der Waals surface area (Å²) in [6, 6.07) is 16.6. The highest BCUT2D eigenvalue weighted by atomic mass is 79.9. The van der Waals surface area contributed by atoms with Crippen molar-refractivity contribution in [2.45, 2.75) is 19.4 Å². The highest BCUT2D eigenvalue weighted by Gasteiger charge is 2.33. The number of hydrogen-bond acceptors (Lipinski definition) is 5. The summed E-state index contributed by atoms with van der Waals surface area (Å²) in [5.74, 6) is 0.670. The van der Waals surface area contributed by atoms with Gasteiger partial charge in [0.1, 0.15) is 11.4 Å². The van der Waals surface area contributed by atoms with Crippen molar-refractivity contribution in [2.75, 3.05) is 5.73 Å². The first-order chi connectivity index (χ1) is 14.7. The molecule has 4 heterocycles. The van der Waals surface area contributed by atoms with Gasteiger partial charge in [-0.25, -0.2) is 4.98 Å². The van der Waals surface area contributed by atoms with E-state index in [4.69, 9.17) is 15.8 Å². The Morgan fingerprint density at radius 3 is 2.77 bits per heavy atom. The van der Waals surface area contributed by atoms with Crippen LogP contribution in [-0.2, 0) is 13.0 Å². The highest BCUT2D eigenvalue weighted by Crippen LogP contribution is 2.38. The number of aromatic nitrogens is 4. The van der Waals surface area contributed by atoms with E-state index in [1.165, 1.54) is 16.3 Å². The molecule has 0 aliphatic carbocycles. The molecule has 0 amide bonds. The largest absolute Gasteiger partial charge is 0.383 e. The molecule has 30 heavy (non-hydrogen) atoms. The predicted molar refractivity (Wildman–Crippen MR) is 126 cm³/mol. The molecule has 5 nitrogen and oxygen atoms in total. The number of nitrogen functional groups attached to an aromatic ring is 1. The van der Waals surface area contributed by atoms with E-state index in [1.54, 1.807) is 22.7 Å². The van der Waals surface area contributed by atoms with Gasteiger partial charge in [-0.3, -0.25) is 0 Å². The fourth-order valence-electron chi connectivity index (χ4n) is 4.00. The summed E-state index contributed by atoms with van der Waals surface area (Å²) < 4.78 is 6.44. The van der Waals surface area contributed by atoms with Crippen LogP contribution in [0.15, 0.2) is 58.4 Å². The summed E-state index contributed by atoms with van der Waals surface area (Å²) in [6.07, 6.45) is 1.94. The van der Waals surface area contributed by atoms with Crippen molar-refractivity contribution >= 4 is 54.6 Å². The Bertz CT molecular complexity index is 1360. The number of rotatable bonds is 2. The summed E-state index contributed by atoms with van der Waals surface area (Å²) >= 11 is 6.88. The molecule has 2 N–H and O–H groups in total. The van der Waals surface area contributed by atoms with Crippen LogP contribution < -0.4 is 10.3 Å². The number of hydrogen-bond donors (Lipinski definition) is 1. The molecule has 1 aliphatic rings. The van der Waals surface area contributed by atoms with Crippen LogP contribution in [0, 0.1) is 0 Å². The molecule has 2 aromatic carbocycles. The molecule has 5 aromatic rings. The number of fused-ring (bicyclic) bond motifs is 4. The van der Waals surface area contributed by atoms with Crippen LogP contribution in [0.3, 0.4) is 0 Å². The second-order valence-electron chi connectivity index (χ2n) is 7.27. The number of thiazole rings is 2. The van der Waals surface area contributed by atoms with Crippen LogP contribution in [0.4, 0.5) is 5.82 Å². The topological polar surface area (TPSA) is 60.6 Å². The van der Waals surface area contributed by atoms with Crippen LogP contribution in [0.5, 0.6) is 0 Å². The van der Waals surface area contributed by atoms with Gasteiger partial charge in [0, 0.05) is 16.5 Å². The molecule has 0 fully saturated rings. The van der Waals surface area contributed by atoms with Crippen LogP contribution in [0.2, 0.25) is 0 Å². The Labute approximate surface area is 189 Å². The lowest BCUT2D eigenvalue weighted by Crippen LogP contribution is -2.35. The third-order valence-corrected chi connectivity index (χ3v) is 7.95. The Morgan fingerprint density at radius 1 is 1.10 bits per heavy atom. The predicted octanol–water partition coefficient (Wildman–Crippen LogP) is 5.46. The second-order valence-corrected chi connectivity index (χ2v) is 10.1. The third-order valence-electron chi connectivity index (χ3n) is 5.42. The maximum absolute atomic E-state index is 6.68. The lowest BCUT2D eigenvalue weighted by atomic mass is 10.1. The molecule has 0 radical (unpaired) electrons. The average Bonchev–Trinajstić information content (AvgIpc) is 3.41. The molecule has 1 aliphatic heterocycles. The summed E-state index contributed by atoms with van der Waals surface area (Å²) in [5.41, 5.74) is 12.2. The number of nitrogens with two attached hydrogens (primary N) is 1. The molecule has 0 saturated carbocycles. The molecule has 0 spiro atoms. The van der Waals surface area contributed by atoms with E-state index in [2.05, 4.69) is 56.2 Å². The molecule has 0 saturated heterocycles. The molecule has 8 heteroatoms. The summed E-state index contributed by atoms with van der Waals surface area (Å²) in [5, 5.41) is 9.11. The van der Waals surface area contributed by atoms with Gasteiger partial charge in [0.15, 0.2) is 6.54 Å². The van der Waals surface area contributed by atoms with Gasteiger partial charge in [-0.2, -0.15) is 14.3 Å². The number of para-hydroxylation sites is 1. The van der Waals surface area contributed by atoms with Gasteiger partial charge in [0.25, 0.3) is 5.01 Å². The molecular weight excluding hydrogens is 478 g/mol. The van der Waals surface area contributed by atoms with Gasteiger partial charge in [-0.05, 0) is 42.8 Å². The smallest absolute Gasteiger partial charge is 0.275 e. The minimum Gasteiger partial charge on any atom is -0.383 e. The SMILES string of the molecule is Nc1c2c(nn1-c1nc3ccccc3s1)CCC[n+]1c(-c3ccc(Br)cc3)csc1-2. The van der Waals surface area contributed by atoms with E-state index < -0.39 is 0 Å². The zero-order chi connectivity index (χ0) is 20.2. The Kier molecular flexibility index (Phi) is 4.26. The van der Waals surface area contributed by atoms with Crippen molar-refractivity contribution < 1.29 is 4.57 Å². The van der Waals surface area contributed by atoms with Crippen molar-refractivity contribution in [3.8, 4) is 27.0 Å². The Hall–Kier alpha value is -2.55. The Morgan fingerprint density at radius 2 is 1.93 bits per heavy atom. The third kappa shape index (κ3) is 2.82. The Balaban J connectivity index is 1.51. The summed E-state index contributed by atoms with van der Waals surface area (Å²) in [6.45, 7) is 0.959. The lowest BCUT2D eigenvalue weighted by molar-refractivity contribution is -0.671. The van der Waals surface area contributed by atoms with E-state index in [0.29, 0.717) is 5.82 Å². The van der Waals surface area contributed by atoms with E-state index in [9.17, 15) is 0 Å². The standard InChI is InChI=1S/C22H16BrN5S2/c23-14-9-7-13(8-10-14)17-12-29-21-19-16(5-3-11-27(17)21)26-28(20(19)24)22-25-15-4-1-2-6-18(15)30-22/h1-2,4,6-10,12,24H,3,5,11H2/p+1. The average molecular weight is 495 g/mol. The minimum absolute atomic E-state index is 0.670. The van der Waals surface area contributed by atoms with Crippen molar-refractivity contribution in [3.63, 3.8) is 0 Å². The van der Waals surface area contributed by atoms with Crippen molar-refractivity contribution in [1.29, 1.82) is 0 Å². The fourth-order valence-corrected chi connectivity index (χ4v) is 6.34. The van der Waals surface area contributed by atoms with Gasteiger partial charge in [-0.15, -0.1) is 0 Å². The molecule has 0 bridgehead atoms. The molecule has 148 valence electrons. The molecule has 0 unspecified atom stereocenters. The monoisotopic (exact) mass is 494 g/mol. The first kappa shape index (κ1) is 18.2. The van der Waals surface area contributed by atoms with Gasteiger partial charge >= 0.3 is 0 Å². The first-order valence-corrected chi connectivity index (χ1v) is 12.2. The second kappa shape index (κ2) is 7.01. The van der Waals surface area contributed by atoms with E-state index in [1.807, 2.05) is 22.9 Å². The van der Waals surface area contributed by atoms with Gasteiger partial charge in [0.05, 0.1) is 21.3 Å². The van der Waals surface area contributed by atoms with E-state index >= 15 is 0 Å². The van der Waals surface area contributed by atoms with Crippen LogP contribution in [-0.4, -0.2) is 14.8 Å². The van der Waals surface area contributed by atoms with Gasteiger partial charge in [0.2, 0.25) is 10.8 Å². The highest BCUT2D eigenvalue weighted by molar-refractivity contribution is 9.10. The number of aryl methyl sites for hydroxylation is 1. The van der Waals surface area contributed by atoms with Crippen molar-refractivity contribution in [1.82, 2.24) is 14.8 Å². The maximum atomic E-state index is 6.68. The molecular formula is C22H17BrN5S2+. The molecule has 3 aromatic heterocycles. The lowest BCUT2D eigenvalue weighted by Gasteiger charge is -2.02. The number of halogens is 1. The summed E-state index contributed by atoms with van der Waals surface area (Å²) in [7, 11) is 0. The quantitative estimate of drug-likeness (QED) is 0.331. The maximum Gasteiger partial charge on any atom is 0.275 e. The van der Waals surface area contributed by atoms with Crippen LogP contribution in [0.25, 0.3) is 37.2 Å². The number of benzene rings is 2. The van der Waals surface area contributed by atoms with E-state index in [-0.39, 0.29) is 0 Å². The number of anilines is 1. The molecule has 0 atom stereocenters. The van der Waals surface area contributed by atoms with Crippen molar-refractivity contribution in [3.05, 3.63) is 64.1 Å². The zero-order valence-electron chi connectivity index (χ0n) is 15.9. The van der Waals surface area contributed by atoms with Crippen LogP contribution >= 0.6 is 38.6 Å². The molecule has 6 rings (SSSR count). The zero-order valence-corrected chi connectivity index (χ0v) is 19.1. The number of nitrogens with zero attached hydrogens (tertiary/aromatic N) is 4. The minimum atomic E-state index is 0.670. The van der Waals surface area contributed by atoms with Crippen LogP contribution in [0.1, 0.15) is 12.1 Å². The van der Waals surface area contributed by atoms with Gasteiger partial charge < -0.3 is 5.73 Å². The summed E-state index contributed by atoms with van der Waals surface area (Å²) in [4.78, 5) is 4.76. The first-order valence-electron chi connectivity index (χ1n) is 9.70.